The van der Waals surface area contributed by atoms with Gasteiger partial charge in [0, 0.05) is 36.9 Å². The summed E-state index contributed by atoms with van der Waals surface area (Å²) in [5.74, 6) is 0.772. The van der Waals surface area contributed by atoms with Crippen LogP contribution in [0.25, 0.3) is 0 Å². The van der Waals surface area contributed by atoms with Crippen LogP contribution in [0.1, 0.15) is 81.1 Å². The topological polar surface area (TPSA) is 40.2 Å². The summed E-state index contributed by atoms with van der Waals surface area (Å²) in [5, 5.41) is 2.23. The maximum atomic E-state index is 6.36. The van der Waals surface area contributed by atoms with Crippen LogP contribution < -0.4 is 0 Å². The minimum Gasteiger partial charge on any atom is -0.374 e. The van der Waals surface area contributed by atoms with Crippen molar-refractivity contribution >= 4 is 8.80 Å². The van der Waals surface area contributed by atoms with Crippen molar-refractivity contribution in [3.8, 4) is 0 Å². The number of rotatable bonds is 12. The molecule has 0 aliphatic carbocycles. The quantitative estimate of drug-likeness (QED) is 0.438. The largest absolute Gasteiger partial charge is 0.503 e. The molecule has 0 aromatic heterocycles. The Bertz CT molecular complexity index is 368. The maximum absolute atomic E-state index is 6.36. The first-order valence-corrected chi connectivity index (χ1v) is 12.4. The van der Waals surface area contributed by atoms with Crippen LogP contribution in [0.2, 0.25) is 6.04 Å². The van der Waals surface area contributed by atoms with Crippen LogP contribution in [0.4, 0.5) is 0 Å². The molecule has 0 aromatic carbocycles. The van der Waals surface area contributed by atoms with Gasteiger partial charge in [-0.25, -0.2) is 0 Å². The van der Waals surface area contributed by atoms with Crippen LogP contribution in [-0.4, -0.2) is 51.4 Å². The summed E-state index contributed by atoms with van der Waals surface area (Å²) in [7, 11) is -2.65. The standard InChI is InChI=1S/C20H43NO4Si/c1-9-13-18-16-19(5,6)21(20(7,8)17-18)22-14-15-26(23-10-2,24-11-3)25-12-4/h18H,9-17H2,1-8H3. The minimum atomic E-state index is -2.65. The van der Waals surface area contributed by atoms with Gasteiger partial charge in [-0.2, -0.15) is 5.06 Å². The number of piperidine rings is 1. The van der Waals surface area contributed by atoms with Crippen LogP contribution in [-0.2, 0) is 18.1 Å². The molecule has 0 atom stereocenters. The molecule has 1 aliphatic heterocycles. The molecule has 156 valence electrons. The molecule has 6 heteroatoms. The van der Waals surface area contributed by atoms with Crippen LogP contribution in [0.15, 0.2) is 0 Å². The summed E-state index contributed by atoms with van der Waals surface area (Å²) in [6, 6.07) is 0.684. The SMILES string of the molecule is CCCC1CC(C)(C)N(OCC[Si](OCC)(OCC)OCC)C(C)(C)C1. The first kappa shape index (κ1) is 24.1. The van der Waals surface area contributed by atoms with Crippen molar-refractivity contribution < 1.29 is 18.1 Å². The Morgan fingerprint density at radius 2 is 1.31 bits per heavy atom. The minimum absolute atomic E-state index is 0.0225. The molecule has 0 unspecified atom stereocenters. The van der Waals surface area contributed by atoms with Gasteiger partial charge >= 0.3 is 8.80 Å². The first-order valence-electron chi connectivity index (χ1n) is 10.5. The molecule has 5 nitrogen and oxygen atoms in total. The van der Waals surface area contributed by atoms with Crippen molar-refractivity contribution in [2.24, 2.45) is 5.92 Å². The van der Waals surface area contributed by atoms with Crippen molar-refractivity contribution in [2.75, 3.05) is 26.4 Å². The normalized spacial score (nSPS) is 21.2. The lowest BCUT2D eigenvalue weighted by atomic mass is 9.74. The van der Waals surface area contributed by atoms with E-state index in [-0.39, 0.29) is 11.1 Å². The molecule has 1 fully saturated rings. The highest BCUT2D eigenvalue weighted by Crippen LogP contribution is 2.43. The van der Waals surface area contributed by atoms with Gasteiger partial charge in [-0.15, -0.1) is 0 Å². The molecule has 0 radical (unpaired) electrons. The molecule has 0 N–H and O–H groups in total. The summed E-state index contributed by atoms with van der Waals surface area (Å²) in [5.41, 5.74) is 0.0449. The predicted octanol–water partition coefficient (Wildman–Crippen LogP) is 5.04. The fraction of sp³-hybridized carbons (Fsp3) is 1.00. The molecule has 0 amide bonds. The van der Waals surface area contributed by atoms with E-state index >= 15 is 0 Å². The van der Waals surface area contributed by atoms with E-state index in [1.54, 1.807) is 0 Å². The number of hydroxylamine groups is 2. The third kappa shape index (κ3) is 6.57. The van der Waals surface area contributed by atoms with Crippen molar-refractivity contribution in [3.63, 3.8) is 0 Å². The Morgan fingerprint density at radius 1 is 0.846 bits per heavy atom. The average Bonchev–Trinajstić information content (AvgIpc) is 2.50. The zero-order valence-electron chi connectivity index (χ0n) is 18.5. The summed E-state index contributed by atoms with van der Waals surface area (Å²) in [6.45, 7) is 19.8. The zero-order chi connectivity index (χ0) is 19.8. The molecule has 26 heavy (non-hydrogen) atoms. The smallest absolute Gasteiger partial charge is 0.374 e. The summed E-state index contributed by atoms with van der Waals surface area (Å²) in [6.07, 6.45) is 4.91. The van der Waals surface area contributed by atoms with Gasteiger partial charge in [-0.05, 0) is 67.2 Å². The van der Waals surface area contributed by atoms with E-state index in [9.17, 15) is 0 Å². The van der Waals surface area contributed by atoms with Gasteiger partial charge in [0.05, 0.1) is 6.61 Å². The lowest BCUT2D eigenvalue weighted by Crippen LogP contribution is -2.60. The fourth-order valence-electron chi connectivity index (χ4n) is 4.70. The van der Waals surface area contributed by atoms with Crippen molar-refractivity contribution in [2.45, 2.75) is 98.2 Å². The monoisotopic (exact) mass is 389 g/mol. The first-order chi connectivity index (χ1) is 12.2. The Balaban J connectivity index is 2.76. The highest BCUT2D eigenvalue weighted by atomic mass is 28.4. The Kier molecular flexibility index (Phi) is 9.74. The third-order valence-electron chi connectivity index (χ3n) is 5.09. The van der Waals surface area contributed by atoms with Crippen LogP contribution in [0.3, 0.4) is 0 Å². The van der Waals surface area contributed by atoms with Gasteiger partial charge in [0.25, 0.3) is 0 Å². The van der Waals surface area contributed by atoms with E-state index in [1.807, 2.05) is 20.8 Å². The van der Waals surface area contributed by atoms with Crippen LogP contribution in [0, 0.1) is 5.92 Å². The van der Waals surface area contributed by atoms with Crippen LogP contribution >= 0.6 is 0 Å². The average molecular weight is 390 g/mol. The molecular weight excluding hydrogens is 346 g/mol. The zero-order valence-corrected chi connectivity index (χ0v) is 19.5. The van der Waals surface area contributed by atoms with Gasteiger partial charge in [-0.1, -0.05) is 19.8 Å². The molecule has 1 rings (SSSR count). The fourth-order valence-corrected chi connectivity index (χ4v) is 7.04. The molecule has 1 aliphatic rings. The maximum Gasteiger partial charge on any atom is 0.503 e. The predicted molar refractivity (Wildman–Crippen MR) is 109 cm³/mol. The second kappa shape index (κ2) is 10.5. The molecule has 0 spiro atoms. The van der Waals surface area contributed by atoms with Gasteiger partial charge in [0.1, 0.15) is 0 Å². The molecule has 1 saturated heterocycles. The molecule has 0 aromatic rings. The van der Waals surface area contributed by atoms with E-state index in [0.29, 0.717) is 32.5 Å². The molecular formula is C20H43NO4Si. The van der Waals surface area contributed by atoms with E-state index in [0.717, 1.165) is 5.92 Å². The summed E-state index contributed by atoms with van der Waals surface area (Å²) in [4.78, 5) is 6.36. The van der Waals surface area contributed by atoms with E-state index in [4.69, 9.17) is 18.1 Å². The van der Waals surface area contributed by atoms with Crippen LogP contribution in [0.5, 0.6) is 0 Å². The molecule has 1 heterocycles. The number of hydrogen-bond donors (Lipinski definition) is 0. The molecule has 0 saturated carbocycles. The van der Waals surface area contributed by atoms with Gasteiger partial charge < -0.3 is 13.3 Å². The second-order valence-corrected chi connectivity index (χ2v) is 11.3. The van der Waals surface area contributed by atoms with Gasteiger partial charge in [0.2, 0.25) is 0 Å². The van der Waals surface area contributed by atoms with Crippen molar-refractivity contribution in [1.29, 1.82) is 0 Å². The highest BCUT2D eigenvalue weighted by molar-refractivity contribution is 6.60. The van der Waals surface area contributed by atoms with E-state index in [1.165, 1.54) is 25.7 Å². The van der Waals surface area contributed by atoms with E-state index in [2.05, 4.69) is 39.7 Å². The second-order valence-electron chi connectivity index (χ2n) is 8.55. The summed E-state index contributed by atoms with van der Waals surface area (Å²) >= 11 is 0. The Hall–Kier alpha value is 0.0169. The Morgan fingerprint density at radius 3 is 1.69 bits per heavy atom. The summed E-state index contributed by atoms with van der Waals surface area (Å²) < 4.78 is 17.8. The van der Waals surface area contributed by atoms with Gasteiger partial charge in [-0.3, -0.25) is 4.84 Å². The lowest BCUT2D eigenvalue weighted by Gasteiger charge is -2.54. The highest BCUT2D eigenvalue weighted by Gasteiger charge is 2.47. The number of nitrogens with zero attached hydrogens (tertiary/aromatic N) is 1. The molecule has 0 bridgehead atoms. The van der Waals surface area contributed by atoms with Crippen molar-refractivity contribution in [3.05, 3.63) is 0 Å². The van der Waals surface area contributed by atoms with E-state index < -0.39 is 8.80 Å². The third-order valence-corrected chi connectivity index (χ3v) is 8.10. The number of hydrogen-bond acceptors (Lipinski definition) is 5. The van der Waals surface area contributed by atoms with Crippen molar-refractivity contribution in [1.82, 2.24) is 5.06 Å². The van der Waals surface area contributed by atoms with Gasteiger partial charge in [0.15, 0.2) is 0 Å². The Labute approximate surface area is 163 Å². The lowest BCUT2D eigenvalue weighted by molar-refractivity contribution is -0.286.